The number of carbonyl (C=O) groups is 1. The first-order chi connectivity index (χ1) is 6.10. The molecule has 3 heteroatoms. The summed E-state index contributed by atoms with van der Waals surface area (Å²) in [6.07, 6.45) is 2.28. The zero-order valence-electron chi connectivity index (χ0n) is 8.30. The summed E-state index contributed by atoms with van der Waals surface area (Å²) in [5.41, 5.74) is -0.237. The average molecular weight is 183 g/mol. The van der Waals surface area contributed by atoms with Crippen LogP contribution in [-0.2, 0) is 9.53 Å². The minimum absolute atomic E-state index is 0.177. The van der Waals surface area contributed by atoms with Gasteiger partial charge in [0.2, 0.25) is 5.91 Å². The molecule has 2 fully saturated rings. The zero-order chi connectivity index (χ0) is 9.47. The number of nitrogens with one attached hydrogen (secondary N) is 1. The third-order valence-electron chi connectivity index (χ3n) is 3.10. The van der Waals surface area contributed by atoms with Crippen LogP contribution in [0.25, 0.3) is 0 Å². The van der Waals surface area contributed by atoms with E-state index in [4.69, 9.17) is 4.74 Å². The maximum atomic E-state index is 11.7. The lowest BCUT2D eigenvalue weighted by Crippen LogP contribution is -2.56. The Balaban J connectivity index is 1.78. The molecule has 13 heavy (non-hydrogen) atoms. The Kier molecular flexibility index (Phi) is 2.06. The quantitative estimate of drug-likeness (QED) is 0.692. The molecule has 0 aromatic carbocycles. The second kappa shape index (κ2) is 2.98. The van der Waals surface area contributed by atoms with E-state index in [1.54, 1.807) is 0 Å². The lowest BCUT2D eigenvalue weighted by Gasteiger charge is -2.40. The first-order valence-corrected chi connectivity index (χ1v) is 4.99. The van der Waals surface area contributed by atoms with Crippen molar-refractivity contribution < 1.29 is 9.53 Å². The van der Waals surface area contributed by atoms with Crippen LogP contribution in [0.5, 0.6) is 0 Å². The summed E-state index contributed by atoms with van der Waals surface area (Å²) in [6.45, 7) is 5.35. The van der Waals surface area contributed by atoms with Crippen molar-refractivity contribution in [2.75, 3.05) is 13.2 Å². The van der Waals surface area contributed by atoms with Gasteiger partial charge in [-0.15, -0.1) is 0 Å². The van der Waals surface area contributed by atoms with Crippen LogP contribution in [0.4, 0.5) is 0 Å². The average Bonchev–Trinajstić information content (AvgIpc) is 1.97. The Bertz CT molecular complexity index is 217. The number of amides is 1. The van der Waals surface area contributed by atoms with Crippen LogP contribution in [0.15, 0.2) is 0 Å². The van der Waals surface area contributed by atoms with E-state index in [1.165, 1.54) is 0 Å². The number of hydrogen-bond donors (Lipinski definition) is 1. The van der Waals surface area contributed by atoms with E-state index >= 15 is 0 Å². The van der Waals surface area contributed by atoms with Crippen LogP contribution in [0.2, 0.25) is 0 Å². The van der Waals surface area contributed by atoms with Gasteiger partial charge in [0.05, 0.1) is 18.6 Å². The maximum absolute atomic E-state index is 11.7. The summed E-state index contributed by atoms with van der Waals surface area (Å²) in [5, 5.41) is 3.07. The Morgan fingerprint density at radius 3 is 2.46 bits per heavy atom. The lowest BCUT2D eigenvalue weighted by molar-refractivity contribution is -0.159. The van der Waals surface area contributed by atoms with Crippen molar-refractivity contribution in [3.05, 3.63) is 0 Å². The lowest BCUT2D eigenvalue weighted by atomic mass is 9.80. The molecule has 0 radical (unpaired) electrons. The van der Waals surface area contributed by atoms with Gasteiger partial charge in [0.1, 0.15) is 0 Å². The van der Waals surface area contributed by atoms with Gasteiger partial charge in [-0.05, 0) is 25.7 Å². The van der Waals surface area contributed by atoms with E-state index in [1.807, 2.05) is 6.92 Å². The second-order valence-electron chi connectivity index (χ2n) is 4.80. The van der Waals surface area contributed by atoms with Crippen molar-refractivity contribution >= 4 is 5.91 Å². The van der Waals surface area contributed by atoms with E-state index in [2.05, 4.69) is 12.2 Å². The van der Waals surface area contributed by atoms with Crippen LogP contribution < -0.4 is 5.32 Å². The summed E-state index contributed by atoms with van der Waals surface area (Å²) >= 11 is 0. The Morgan fingerprint density at radius 2 is 2.08 bits per heavy atom. The smallest absolute Gasteiger partial charge is 0.230 e. The molecule has 2 rings (SSSR count). The first-order valence-electron chi connectivity index (χ1n) is 4.99. The molecule has 0 bridgehead atoms. The fraction of sp³-hybridized carbons (Fsp3) is 0.900. The highest BCUT2D eigenvalue weighted by molar-refractivity contribution is 5.83. The molecule has 1 aliphatic carbocycles. The van der Waals surface area contributed by atoms with Crippen LogP contribution >= 0.6 is 0 Å². The molecule has 1 amide bonds. The van der Waals surface area contributed by atoms with E-state index in [0.717, 1.165) is 18.8 Å². The van der Waals surface area contributed by atoms with Gasteiger partial charge in [-0.25, -0.2) is 0 Å². The predicted molar refractivity (Wildman–Crippen MR) is 49.3 cm³/mol. The molecule has 1 heterocycles. The van der Waals surface area contributed by atoms with Crippen molar-refractivity contribution in [2.24, 2.45) is 11.3 Å². The predicted octanol–water partition coefficient (Wildman–Crippen LogP) is 0.938. The molecule has 1 aliphatic heterocycles. The van der Waals surface area contributed by atoms with Crippen LogP contribution in [0.3, 0.4) is 0 Å². The number of rotatable bonds is 2. The van der Waals surface area contributed by atoms with E-state index in [9.17, 15) is 4.79 Å². The van der Waals surface area contributed by atoms with E-state index in [-0.39, 0.29) is 11.3 Å². The normalized spacial score (nSPS) is 35.8. The van der Waals surface area contributed by atoms with Gasteiger partial charge in [0, 0.05) is 6.04 Å². The summed E-state index contributed by atoms with van der Waals surface area (Å²) in [4.78, 5) is 11.7. The second-order valence-corrected chi connectivity index (χ2v) is 4.80. The molecule has 0 aromatic heterocycles. The van der Waals surface area contributed by atoms with Crippen LogP contribution in [0.1, 0.15) is 26.7 Å². The summed E-state index contributed by atoms with van der Waals surface area (Å²) in [6, 6.07) is 0.430. The molecule has 0 spiro atoms. The molecule has 0 unspecified atom stereocenters. The van der Waals surface area contributed by atoms with Gasteiger partial charge in [-0.1, -0.05) is 6.92 Å². The van der Waals surface area contributed by atoms with Crippen molar-refractivity contribution in [1.82, 2.24) is 5.32 Å². The van der Waals surface area contributed by atoms with E-state index in [0.29, 0.717) is 19.3 Å². The summed E-state index contributed by atoms with van der Waals surface area (Å²) in [5.74, 6) is 0.964. The SMILES string of the molecule is CC1CC(NC(=O)C2(C)COC2)C1. The highest BCUT2D eigenvalue weighted by Gasteiger charge is 2.42. The summed E-state index contributed by atoms with van der Waals surface area (Å²) in [7, 11) is 0. The third-order valence-corrected chi connectivity index (χ3v) is 3.10. The highest BCUT2D eigenvalue weighted by Crippen LogP contribution is 2.30. The maximum Gasteiger partial charge on any atom is 0.230 e. The topological polar surface area (TPSA) is 38.3 Å². The Hall–Kier alpha value is -0.570. The molecule has 1 saturated heterocycles. The summed E-state index contributed by atoms with van der Waals surface area (Å²) < 4.78 is 5.05. The minimum atomic E-state index is -0.237. The van der Waals surface area contributed by atoms with Gasteiger partial charge >= 0.3 is 0 Å². The van der Waals surface area contributed by atoms with Gasteiger partial charge in [0.15, 0.2) is 0 Å². The molecule has 2 aliphatic rings. The molecule has 1 N–H and O–H groups in total. The molecule has 1 saturated carbocycles. The number of carbonyl (C=O) groups excluding carboxylic acids is 1. The van der Waals surface area contributed by atoms with Gasteiger partial charge in [0.25, 0.3) is 0 Å². The monoisotopic (exact) mass is 183 g/mol. The Morgan fingerprint density at radius 1 is 1.46 bits per heavy atom. The molecular formula is C10H17NO2. The first kappa shape index (κ1) is 9.00. The van der Waals surface area contributed by atoms with Crippen molar-refractivity contribution in [1.29, 1.82) is 0 Å². The molecule has 74 valence electrons. The van der Waals surface area contributed by atoms with Crippen LogP contribution in [-0.4, -0.2) is 25.2 Å². The number of ether oxygens (including phenoxy) is 1. The van der Waals surface area contributed by atoms with E-state index < -0.39 is 0 Å². The number of hydrogen-bond acceptors (Lipinski definition) is 2. The third kappa shape index (κ3) is 1.57. The Labute approximate surface area is 78.8 Å². The van der Waals surface area contributed by atoms with Crippen molar-refractivity contribution in [3.8, 4) is 0 Å². The fourth-order valence-electron chi connectivity index (χ4n) is 1.92. The van der Waals surface area contributed by atoms with Crippen molar-refractivity contribution in [3.63, 3.8) is 0 Å². The molecular weight excluding hydrogens is 166 g/mol. The van der Waals surface area contributed by atoms with Gasteiger partial charge < -0.3 is 10.1 Å². The largest absolute Gasteiger partial charge is 0.379 e. The van der Waals surface area contributed by atoms with Crippen molar-refractivity contribution in [2.45, 2.75) is 32.7 Å². The minimum Gasteiger partial charge on any atom is -0.379 e. The molecule has 0 aromatic rings. The fourth-order valence-corrected chi connectivity index (χ4v) is 1.92. The molecule has 3 nitrogen and oxygen atoms in total. The standard InChI is InChI=1S/C10H17NO2/c1-7-3-8(4-7)11-9(12)10(2)5-13-6-10/h7-8H,3-6H2,1-2H3,(H,11,12). The molecule has 0 atom stereocenters. The van der Waals surface area contributed by atoms with Crippen LogP contribution in [0, 0.1) is 11.3 Å². The van der Waals surface area contributed by atoms with Gasteiger partial charge in [-0.3, -0.25) is 4.79 Å². The zero-order valence-corrected chi connectivity index (χ0v) is 8.30. The highest BCUT2D eigenvalue weighted by atomic mass is 16.5. The van der Waals surface area contributed by atoms with Gasteiger partial charge in [-0.2, -0.15) is 0 Å².